The number of esters is 3. The third-order valence-electron chi connectivity index (χ3n) is 5.47. The molecule has 0 spiro atoms. The van der Waals surface area contributed by atoms with Gasteiger partial charge in [0.2, 0.25) is 12.3 Å². The number of benzene rings is 1. The van der Waals surface area contributed by atoms with Gasteiger partial charge in [-0.15, -0.1) is 0 Å². The van der Waals surface area contributed by atoms with Crippen molar-refractivity contribution in [3.05, 3.63) is 99.0 Å². The van der Waals surface area contributed by atoms with Crippen LogP contribution in [0.3, 0.4) is 0 Å². The van der Waals surface area contributed by atoms with Gasteiger partial charge in [0.1, 0.15) is 11.5 Å². The zero-order valence-corrected chi connectivity index (χ0v) is 21.8. The Morgan fingerprint density at radius 3 is 2.38 bits per heavy atom. The number of hydrogen-bond donors (Lipinski definition) is 0. The highest BCUT2D eigenvalue weighted by Crippen LogP contribution is 2.35. The number of rotatable bonds is 9. The number of para-hydroxylation sites is 1. The van der Waals surface area contributed by atoms with Crippen LogP contribution in [0.25, 0.3) is 0 Å². The van der Waals surface area contributed by atoms with E-state index in [2.05, 4.69) is 4.98 Å². The van der Waals surface area contributed by atoms with Gasteiger partial charge in [-0.3, -0.25) is 33.3 Å². The molecule has 3 aromatic rings. The molecular weight excluding hydrogens is 526 g/mol. The molecule has 0 amide bonds. The summed E-state index contributed by atoms with van der Waals surface area (Å²) in [5.74, 6) is -1.53. The van der Waals surface area contributed by atoms with E-state index in [4.69, 9.17) is 23.7 Å². The summed E-state index contributed by atoms with van der Waals surface area (Å²) in [5, 5.41) is 0. The van der Waals surface area contributed by atoms with Crippen LogP contribution in [0.15, 0.2) is 82.0 Å². The van der Waals surface area contributed by atoms with Crippen molar-refractivity contribution in [3.8, 4) is 11.5 Å². The van der Waals surface area contributed by atoms with E-state index in [9.17, 15) is 24.0 Å². The first kappa shape index (κ1) is 27.8. The molecule has 0 saturated heterocycles. The minimum atomic E-state index is -1.41. The zero-order valence-electron chi connectivity index (χ0n) is 21.8. The minimum absolute atomic E-state index is 0.140. The molecular formula is C27H25N3O10. The van der Waals surface area contributed by atoms with E-state index in [0.717, 1.165) is 42.2 Å². The standard InChI is InChI=1S/C27H25N3O10/c1-16(31)36-15-22-24(37-17(2)32)25(38-18(3)33)26(40-22)29-12-10-23(34)30(27(29)35)14-19-13-21(9-11-28-19)39-20-7-5-4-6-8-20/h4-13,25-26H,14-15H2,1-3H3/t25?,26-/m1/s1. The normalized spacial score (nSPS) is 16.2. The van der Waals surface area contributed by atoms with Crippen LogP contribution in [0.4, 0.5) is 0 Å². The summed E-state index contributed by atoms with van der Waals surface area (Å²) in [4.78, 5) is 65.5. The van der Waals surface area contributed by atoms with Gasteiger partial charge >= 0.3 is 23.6 Å². The second-order valence-electron chi connectivity index (χ2n) is 8.53. The average Bonchev–Trinajstić information content (AvgIpc) is 3.21. The molecule has 1 aliphatic heterocycles. The first-order chi connectivity index (χ1) is 19.1. The van der Waals surface area contributed by atoms with Crippen LogP contribution in [0.5, 0.6) is 11.5 Å². The fourth-order valence-corrected chi connectivity index (χ4v) is 3.85. The highest BCUT2D eigenvalue weighted by Gasteiger charge is 2.44. The van der Waals surface area contributed by atoms with E-state index >= 15 is 0 Å². The quantitative estimate of drug-likeness (QED) is 0.283. The predicted molar refractivity (Wildman–Crippen MR) is 136 cm³/mol. The fraction of sp³-hybridized carbons (Fsp3) is 0.259. The summed E-state index contributed by atoms with van der Waals surface area (Å²) in [6, 6.07) is 13.4. The summed E-state index contributed by atoms with van der Waals surface area (Å²) >= 11 is 0. The molecule has 0 fully saturated rings. The summed E-state index contributed by atoms with van der Waals surface area (Å²) in [7, 11) is 0. The number of nitrogens with zero attached hydrogens (tertiary/aromatic N) is 3. The molecule has 13 nitrogen and oxygen atoms in total. The second-order valence-corrected chi connectivity index (χ2v) is 8.53. The van der Waals surface area contributed by atoms with E-state index in [1.165, 1.54) is 6.20 Å². The predicted octanol–water partition coefficient (Wildman–Crippen LogP) is 2.04. The molecule has 0 saturated carbocycles. The molecule has 1 aromatic carbocycles. The molecule has 1 unspecified atom stereocenters. The Balaban J connectivity index is 1.67. The van der Waals surface area contributed by atoms with E-state index in [-0.39, 0.29) is 18.1 Å². The summed E-state index contributed by atoms with van der Waals surface area (Å²) < 4.78 is 29.0. The van der Waals surface area contributed by atoms with E-state index < -0.39 is 48.1 Å². The van der Waals surface area contributed by atoms with Gasteiger partial charge in [0.25, 0.3) is 5.56 Å². The van der Waals surface area contributed by atoms with Crippen LogP contribution in [-0.2, 0) is 39.9 Å². The smallest absolute Gasteiger partial charge is 0.334 e. The van der Waals surface area contributed by atoms with Crippen molar-refractivity contribution in [3.63, 3.8) is 0 Å². The Hall–Kier alpha value is -5.20. The number of ether oxygens (including phenoxy) is 5. The highest BCUT2D eigenvalue weighted by atomic mass is 16.6. The number of hydrogen-bond acceptors (Lipinski definition) is 11. The van der Waals surface area contributed by atoms with Crippen molar-refractivity contribution in [1.29, 1.82) is 0 Å². The maximum atomic E-state index is 13.5. The lowest BCUT2D eigenvalue weighted by molar-refractivity contribution is -0.156. The van der Waals surface area contributed by atoms with Crippen molar-refractivity contribution in [2.24, 2.45) is 0 Å². The Kier molecular flexibility index (Phi) is 8.42. The van der Waals surface area contributed by atoms with Crippen LogP contribution in [0, 0.1) is 0 Å². The molecule has 1 aliphatic rings. The third kappa shape index (κ3) is 6.62. The molecule has 0 aliphatic carbocycles. The molecule has 208 valence electrons. The highest BCUT2D eigenvalue weighted by molar-refractivity contribution is 5.69. The number of pyridine rings is 1. The van der Waals surface area contributed by atoms with Gasteiger partial charge < -0.3 is 23.7 Å². The van der Waals surface area contributed by atoms with Gasteiger partial charge in [0, 0.05) is 45.3 Å². The molecule has 13 heteroatoms. The van der Waals surface area contributed by atoms with E-state index in [0.29, 0.717) is 17.2 Å². The molecule has 0 bridgehead atoms. The van der Waals surface area contributed by atoms with E-state index in [1.807, 2.05) is 18.2 Å². The van der Waals surface area contributed by atoms with Crippen LogP contribution >= 0.6 is 0 Å². The van der Waals surface area contributed by atoms with Gasteiger partial charge in [-0.2, -0.15) is 0 Å². The molecule has 2 aromatic heterocycles. The maximum absolute atomic E-state index is 13.5. The van der Waals surface area contributed by atoms with Gasteiger partial charge in [0.15, 0.2) is 18.1 Å². The molecule has 0 N–H and O–H groups in total. The van der Waals surface area contributed by atoms with Gasteiger partial charge in [-0.05, 0) is 18.2 Å². The van der Waals surface area contributed by atoms with E-state index in [1.54, 1.807) is 24.3 Å². The zero-order chi connectivity index (χ0) is 28.8. The molecule has 4 rings (SSSR count). The molecule has 3 heterocycles. The summed E-state index contributed by atoms with van der Waals surface area (Å²) in [5.41, 5.74) is -1.11. The Morgan fingerprint density at radius 1 is 0.950 bits per heavy atom. The third-order valence-corrected chi connectivity index (χ3v) is 5.47. The Morgan fingerprint density at radius 2 is 1.70 bits per heavy atom. The monoisotopic (exact) mass is 551 g/mol. The van der Waals surface area contributed by atoms with Gasteiger partial charge in [0.05, 0.1) is 12.2 Å². The van der Waals surface area contributed by atoms with Gasteiger partial charge in [-0.1, -0.05) is 18.2 Å². The van der Waals surface area contributed by atoms with Crippen molar-refractivity contribution in [1.82, 2.24) is 14.1 Å². The maximum Gasteiger partial charge on any atom is 0.334 e. The van der Waals surface area contributed by atoms with Crippen molar-refractivity contribution < 1.29 is 38.1 Å². The summed E-state index contributed by atoms with van der Waals surface area (Å²) in [6.45, 7) is 2.71. The average molecular weight is 552 g/mol. The van der Waals surface area contributed by atoms with Crippen LogP contribution in [0.1, 0.15) is 32.7 Å². The molecule has 40 heavy (non-hydrogen) atoms. The van der Waals surface area contributed by atoms with Crippen LogP contribution < -0.4 is 16.0 Å². The number of carbonyl (C=O) groups excluding carboxylic acids is 3. The van der Waals surface area contributed by atoms with Crippen molar-refractivity contribution in [2.75, 3.05) is 6.61 Å². The largest absolute Gasteiger partial charge is 0.462 e. The van der Waals surface area contributed by atoms with Crippen molar-refractivity contribution >= 4 is 17.9 Å². The first-order valence-corrected chi connectivity index (χ1v) is 12.0. The Labute approximate surface area is 227 Å². The topological polar surface area (TPSA) is 154 Å². The number of carbonyl (C=O) groups is 3. The lowest BCUT2D eigenvalue weighted by atomic mass is 10.2. The SMILES string of the molecule is CC(=O)OCC1=C(OC(C)=O)C(OC(C)=O)[C@H](n2ccc(=O)n(Cc3cc(Oc4ccccc4)ccn3)c2=O)O1. The van der Waals surface area contributed by atoms with Gasteiger partial charge in [-0.25, -0.2) is 4.79 Å². The number of aromatic nitrogens is 3. The Bertz CT molecular complexity index is 1580. The first-order valence-electron chi connectivity index (χ1n) is 12.0. The lowest BCUT2D eigenvalue weighted by Crippen LogP contribution is -2.43. The molecule has 0 radical (unpaired) electrons. The minimum Gasteiger partial charge on any atom is -0.462 e. The molecule has 2 atom stereocenters. The fourth-order valence-electron chi connectivity index (χ4n) is 3.85. The summed E-state index contributed by atoms with van der Waals surface area (Å²) in [6.07, 6.45) is -0.154. The lowest BCUT2D eigenvalue weighted by Gasteiger charge is -2.22. The van der Waals surface area contributed by atoms with Crippen molar-refractivity contribution in [2.45, 2.75) is 39.6 Å². The van der Waals surface area contributed by atoms with Crippen LogP contribution in [-0.4, -0.2) is 44.7 Å². The second kappa shape index (κ2) is 12.1. The van der Waals surface area contributed by atoms with Crippen LogP contribution in [0.2, 0.25) is 0 Å².